The average Bonchev–Trinajstić information content (AvgIpc) is 3.00. The molecule has 1 saturated carbocycles. The van der Waals surface area contributed by atoms with Crippen LogP contribution >= 0.6 is 0 Å². The molecule has 0 saturated heterocycles. The molecule has 1 aliphatic heterocycles. The largest absolute Gasteiger partial charge is 0.493 e. The molecule has 2 heterocycles. The summed E-state index contributed by atoms with van der Waals surface area (Å²) in [5.74, 6) is 2.05. The standard InChI is InChI=1S/C23H29N3O5/c1-30-19-13-16-17(14-20(19)31-2)24-21-9-10-25(11-12-26(21)23(16)29)22(28)8-7-15-5-3-4-6-18(15)27/h13-15H,3-12H2,1-2H3/t15-/m0/s1. The van der Waals surface area contributed by atoms with E-state index in [0.29, 0.717) is 79.3 Å². The molecular formula is C23H29N3O5. The molecule has 0 bridgehead atoms. The molecule has 8 nitrogen and oxygen atoms in total. The van der Waals surface area contributed by atoms with Gasteiger partial charge in [-0.1, -0.05) is 6.42 Å². The van der Waals surface area contributed by atoms with Crippen molar-refractivity contribution in [3.63, 3.8) is 0 Å². The van der Waals surface area contributed by atoms with Crippen LogP contribution < -0.4 is 15.0 Å². The summed E-state index contributed by atoms with van der Waals surface area (Å²) >= 11 is 0. The summed E-state index contributed by atoms with van der Waals surface area (Å²) in [4.78, 5) is 44.5. The molecular weight excluding hydrogens is 398 g/mol. The zero-order chi connectivity index (χ0) is 22.0. The first-order valence-corrected chi connectivity index (χ1v) is 11.0. The van der Waals surface area contributed by atoms with Crippen LogP contribution in [0.1, 0.15) is 44.3 Å². The van der Waals surface area contributed by atoms with E-state index in [-0.39, 0.29) is 17.4 Å². The topological polar surface area (TPSA) is 90.7 Å². The molecule has 166 valence electrons. The third kappa shape index (κ3) is 4.29. The normalized spacial score (nSPS) is 19.1. The number of aromatic nitrogens is 2. The zero-order valence-corrected chi connectivity index (χ0v) is 18.2. The van der Waals surface area contributed by atoms with Gasteiger partial charge in [-0.25, -0.2) is 4.98 Å². The summed E-state index contributed by atoms with van der Waals surface area (Å²) in [6.45, 7) is 1.38. The predicted molar refractivity (Wildman–Crippen MR) is 116 cm³/mol. The van der Waals surface area contributed by atoms with Crippen molar-refractivity contribution in [1.29, 1.82) is 0 Å². The minimum atomic E-state index is -0.136. The minimum absolute atomic E-state index is 0.0291. The van der Waals surface area contributed by atoms with Gasteiger partial charge in [-0.05, 0) is 25.3 Å². The molecule has 0 radical (unpaired) electrons. The predicted octanol–water partition coefficient (Wildman–Crippen LogP) is 2.34. The maximum Gasteiger partial charge on any atom is 0.261 e. The van der Waals surface area contributed by atoms with Crippen molar-refractivity contribution >= 4 is 22.6 Å². The van der Waals surface area contributed by atoms with E-state index in [9.17, 15) is 14.4 Å². The third-order valence-electron chi connectivity index (χ3n) is 6.48. The van der Waals surface area contributed by atoms with Gasteiger partial charge in [0.2, 0.25) is 5.91 Å². The van der Waals surface area contributed by atoms with Gasteiger partial charge in [0, 0.05) is 50.9 Å². The minimum Gasteiger partial charge on any atom is -0.493 e. The van der Waals surface area contributed by atoms with Gasteiger partial charge < -0.3 is 14.4 Å². The number of methoxy groups -OCH3 is 2. The number of amides is 1. The Labute approximate surface area is 181 Å². The molecule has 31 heavy (non-hydrogen) atoms. The van der Waals surface area contributed by atoms with Crippen LogP contribution in [-0.2, 0) is 22.6 Å². The Kier molecular flexibility index (Phi) is 6.25. The number of carbonyl (C=O) groups excluding carboxylic acids is 2. The number of ether oxygens (including phenoxy) is 2. The maximum atomic E-state index is 13.1. The molecule has 1 fully saturated rings. The fourth-order valence-electron chi connectivity index (χ4n) is 4.65. The number of Topliss-reactive ketones (excluding diaryl/α,β-unsaturated/α-hetero) is 1. The lowest BCUT2D eigenvalue weighted by atomic mass is 9.85. The fraction of sp³-hybridized carbons (Fsp3) is 0.565. The van der Waals surface area contributed by atoms with Crippen molar-refractivity contribution in [2.45, 2.75) is 51.5 Å². The van der Waals surface area contributed by atoms with E-state index in [1.807, 2.05) is 0 Å². The second kappa shape index (κ2) is 9.08. The Bertz CT molecular complexity index is 1060. The Balaban J connectivity index is 1.50. The van der Waals surface area contributed by atoms with E-state index in [1.165, 1.54) is 7.11 Å². The van der Waals surface area contributed by atoms with Gasteiger partial charge in [-0.3, -0.25) is 19.0 Å². The van der Waals surface area contributed by atoms with Gasteiger partial charge in [0.15, 0.2) is 11.5 Å². The highest BCUT2D eigenvalue weighted by Crippen LogP contribution is 2.30. The van der Waals surface area contributed by atoms with E-state index in [2.05, 4.69) is 4.98 Å². The summed E-state index contributed by atoms with van der Waals surface area (Å²) in [5, 5.41) is 0.469. The van der Waals surface area contributed by atoms with E-state index in [1.54, 1.807) is 28.7 Å². The molecule has 0 N–H and O–H groups in total. The second-order valence-corrected chi connectivity index (χ2v) is 8.29. The van der Waals surface area contributed by atoms with Gasteiger partial charge in [-0.15, -0.1) is 0 Å². The summed E-state index contributed by atoms with van der Waals surface area (Å²) in [6, 6.07) is 3.37. The number of hydrogen-bond acceptors (Lipinski definition) is 6. The Hall–Kier alpha value is -2.90. The van der Waals surface area contributed by atoms with Gasteiger partial charge in [0.1, 0.15) is 11.6 Å². The number of nitrogens with zero attached hydrogens (tertiary/aromatic N) is 3. The summed E-state index contributed by atoms with van der Waals surface area (Å²) in [7, 11) is 3.08. The van der Waals surface area contributed by atoms with E-state index in [4.69, 9.17) is 9.47 Å². The number of fused-ring (bicyclic) bond motifs is 2. The number of carbonyl (C=O) groups is 2. The Morgan fingerprint density at radius 2 is 1.84 bits per heavy atom. The number of ketones is 1. The van der Waals surface area contributed by atoms with Gasteiger partial charge >= 0.3 is 0 Å². The Morgan fingerprint density at radius 3 is 2.58 bits per heavy atom. The average molecular weight is 428 g/mol. The molecule has 0 unspecified atom stereocenters. The van der Waals surface area contributed by atoms with Crippen LogP contribution in [0.4, 0.5) is 0 Å². The highest BCUT2D eigenvalue weighted by molar-refractivity contribution is 5.83. The van der Waals surface area contributed by atoms with E-state index in [0.717, 1.165) is 19.3 Å². The highest BCUT2D eigenvalue weighted by Gasteiger charge is 2.25. The van der Waals surface area contributed by atoms with Gasteiger partial charge in [0.05, 0.1) is 25.1 Å². The molecule has 2 aromatic rings. The van der Waals surface area contributed by atoms with Crippen LogP contribution in [0.2, 0.25) is 0 Å². The molecule has 1 amide bonds. The van der Waals surface area contributed by atoms with E-state index >= 15 is 0 Å². The monoisotopic (exact) mass is 427 g/mol. The van der Waals surface area contributed by atoms with Crippen molar-refractivity contribution in [1.82, 2.24) is 14.5 Å². The summed E-state index contributed by atoms with van der Waals surface area (Å²) < 4.78 is 12.3. The molecule has 1 aromatic carbocycles. The van der Waals surface area contributed by atoms with Gasteiger partial charge in [0.25, 0.3) is 5.56 Å². The second-order valence-electron chi connectivity index (χ2n) is 8.29. The number of benzene rings is 1. The molecule has 4 rings (SSSR count). The van der Waals surface area contributed by atoms with Crippen molar-refractivity contribution < 1.29 is 19.1 Å². The first-order chi connectivity index (χ1) is 15.0. The van der Waals surface area contributed by atoms with Crippen LogP contribution in [0.3, 0.4) is 0 Å². The lowest BCUT2D eigenvalue weighted by Crippen LogP contribution is -2.34. The van der Waals surface area contributed by atoms with E-state index < -0.39 is 0 Å². The van der Waals surface area contributed by atoms with Crippen LogP contribution in [0.15, 0.2) is 16.9 Å². The van der Waals surface area contributed by atoms with Crippen LogP contribution in [0.5, 0.6) is 11.5 Å². The van der Waals surface area contributed by atoms with Crippen molar-refractivity contribution in [3.8, 4) is 11.5 Å². The molecule has 1 aliphatic carbocycles. The summed E-state index contributed by atoms with van der Waals surface area (Å²) in [6.07, 6.45) is 5.11. The highest BCUT2D eigenvalue weighted by atomic mass is 16.5. The maximum absolute atomic E-state index is 13.1. The van der Waals surface area contributed by atoms with Crippen LogP contribution in [0.25, 0.3) is 10.9 Å². The fourth-order valence-corrected chi connectivity index (χ4v) is 4.65. The lowest BCUT2D eigenvalue weighted by Gasteiger charge is -2.23. The SMILES string of the molecule is COc1cc2nc3n(c(=O)c2cc1OC)CCN(C(=O)CC[C@@H]1CCCCC1=O)CC3. The van der Waals surface area contributed by atoms with Crippen molar-refractivity contribution in [2.75, 3.05) is 27.3 Å². The zero-order valence-electron chi connectivity index (χ0n) is 18.2. The molecule has 1 atom stereocenters. The summed E-state index contributed by atoms with van der Waals surface area (Å²) in [5.41, 5.74) is 0.424. The Morgan fingerprint density at radius 1 is 1.06 bits per heavy atom. The lowest BCUT2D eigenvalue weighted by molar-refractivity contribution is -0.132. The van der Waals surface area contributed by atoms with Crippen LogP contribution in [0, 0.1) is 5.92 Å². The van der Waals surface area contributed by atoms with Crippen molar-refractivity contribution in [3.05, 3.63) is 28.3 Å². The van der Waals surface area contributed by atoms with Crippen molar-refractivity contribution in [2.24, 2.45) is 5.92 Å². The smallest absolute Gasteiger partial charge is 0.261 e. The molecule has 1 aromatic heterocycles. The molecule has 2 aliphatic rings. The number of hydrogen-bond donors (Lipinski definition) is 0. The van der Waals surface area contributed by atoms with Gasteiger partial charge in [-0.2, -0.15) is 0 Å². The first kappa shape index (κ1) is 21.3. The number of rotatable bonds is 5. The molecule has 0 spiro atoms. The van der Waals surface area contributed by atoms with Crippen LogP contribution in [-0.4, -0.2) is 53.5 Å². The quantitative estimate of drug-likeness (QED) is 0.728. The molecule has 8 heteroatoms. The third-order valence-corrected chi connectivity index (χ3v) is 6.48. The first-order valence-electron chi connectivity index (χ1n) is 11.0.